The van der Waals surface area contributed by atoms with Crippen LogP contribution in [0.3, 0.4) is 0 Å². The van der Waals surface area contributed by atoms with Crippen molar-refractivity contribution >= 4 is 6.09 Å². The predicted molar refractivity (Wildman–Crippen MR) is 122 cm³/mol. The average molecular weight is 440 g/mol. The van der Waals surface area contributed by atoms with Gasteiger partial charge in [0.05, 0.1) is 11.1 Å². The Kier molecular flexibility index (Phi) is 7.37. The summed E-state index contributed by atoms with van der Waals surface area (Å²) < 4.78 is 10.9. The molecular formula is C24H29N3O5. The van der Waals surface area contributed by atoms with Crippen LogP contribution >= 0.6 is 0 Å². The molecule has 8 heteroatoms. The maximum absolute atomic E-state index is 12.1. The summed E-state index contributed by atoms with van der Waals surface area (Å²) in [4.78, 5) is 12.1. The summed E-state index contributed by atoms with van der Waals surface area (Å²) in [7, 11) is 0. The van der Waals surface area contributed by atoms with Crippen molar-refractivity contribution in [1.29, 1.82) is 0 Å². The lowest BCUT2D eigenvalue weighted by molar-refractivity contribution is 0.196. The number of rotatable bonds is 8. The molecule has 0 fully saturated rings. The van der Waals surface area contributed by atoms with Crippen LogP contribution in [0.4, 0.5) is 4.79 Å². The number of ether oxygens (including phenoxy) is 1. The van der Waals surface area contributed by atoms with E-state index in [1.54, 1.807) is 13.0 Å². The van der Waals surface area contributed by atoms with Gasteiger partial charge in [0.25, 0.3) is 5.88 Å². The molecular weight excluding hydrogens is 410 g/mol. The van der Waals surface area contributed by atoms with Crippen molar-refractivity contribution < 1.29 is 24.3 Å². The third-order valence-corrected chi connectivity index (χ3v) is 5.00. The van der Waals surface area contributed by atoms with Crippen LogP contribution in [0, 0.1) is 0 Å². The minimum atomic E-state index is -0.657. The molecule has 0 saturated heterocycles. The number of phenols is 2. The molecule has 0 aliphatic heterocycles. The van der Waals surface area contributed by atoms with E-state index in [1.807, 2.05) is 45.0 Å². The second kappa shape index (κ2) is 10.2. The van der Waals surface area contributed by atoms with Crippen molar-refractivity contribution in [2.45, 2.75) is 40.2 Å². The first-order valence-corrected chi connectivity index (χ1v) is 10.7. The van der Waals surface area contributed by atoms with E-state index < -0.39 is 6.09 Å². The van der Waals surface area contributed by atoms with Crippen LogP contribution in [0.15, 0.2) is 40.9 Å². The number of benzene rings is 2. The molecule has 170 valence electrons. The van der Waals surface area contributed by atoms with Crippen LogP contribution in [0.25, 0.3) is 22.5 Å². The minimum absolute atomic E-state index is 0.00566. The Labute approximate surface area is 187 Å². The first-order chi connectivity index (χ1) is 15.3. The van der Waals surface area contributed by atoms with Crippen molar-refractivity contribution in [2.75, 3.05) is 13.1 Å². The van der Waals surface area contributed by atoms with Crippen LogP contribution in [0.5, 0.6) is 17.4 Å². The van der Waals surface area contributed by atoms with Gasteiger partial charge in [-0.25, -0.2) is 4.79 Å². The van der Waals surface area contributed by atoms with Gasteiger partial charge >= 0.3 is 6.09 Å². The molecule has 2 aromatic carbocycles. The standard InChI is InChI=1S/C24H29N3O5/c1-5-25-13-15-7-9-16(10-8-15)21-22(32-27-23(21)31-24(30)26-6-2)18-11-17(14(3)4)19(28)12-20(18)29/h7-12,14,25,28-29H,5-6,13H2,1-4H3,(H,26,30). The zero-order valence-corrected chi connectivity index (χ0v) is 18.7. The number of aromatic hydroxyl groups is 2. The largest absolute Gasteiger partial charge is 0.508 e. The topological polar surface area (TPSA) is 117 Å². The molecule has 8 nitrogen and oxygen atoms in total. The summed E-state index contributed by atoms with van der Waals surface area (Å²) in [5.41, 5.74) is 3.22. The number of carbonyl (C=O) groups excluding carboxylic acids is 1. The van der Waals surface area contributed by atoms with Gasteiger partial charge in [-0.2, -0.15) is 0 Å². The van der Waals surface area contributed by atoms with Crippen LogP contribution in [0.2, 0.25) is 0 Å². The molecule has 1 amide bonds. The third kappa shape index (κ3) is 5.03. The number of nitrogens with one attached hydrogen (secondary N) is 2. The fourth-order valence-corrected chi connectivity index (χ4v) is 3.35. The van der Waals surface area contributed by atoms with Gasteiger partial charge in [-0.3, -0.25) is 0 Å². The van der Waals surface area contributed by atoms with Gasteiger partial charge < -0.3 is 30.1 Å². The fraction of sp³-hybridized carbons (Fsp3) is 0.333. The lowest BCUT2D eigenvalue weighted by Crippen LogP contribution is -2.26. The van der Waals surface area contributed by atoms with Crippen molar-refractivity contribution in [3.63, 3.8) is 0 Å². The van der Waals surface area contributed by atoms with Gasteiger partial charge in [0.15, 0.2) is 5.76 Å². The van der Waals surface area contributed by atoms with E-state index in [0.717, 1.165) is 18.7 Å². The Morgan fingerprint density at radius 3 is 2.44 bits per heavy atom. The zero-order chi connectivity index (χ0) is 23.3. The summed E-state index contributed by atoms with van der Waals surface area (Å²) in [5.74, 6) is 0.0655. The molecule has 3 rings (SSSR count). The number of aromatic nitrogens is 1. The Morgan fingerprint density at radius 1 is 1.09 bits per heavy atom. The molecule has 0 bridgehead atoms. The predicted octanol–water partition coefficient (Wildman–Crippen LogP) is 4.76. The Balaban J connectivity index is 2.13. The highest BCUT2D eigenvalue weighted by molar-refractivity contribution is 5.87. The molecule has 0 aliphatic rings. The van der Waals surface area contributed by atoms with Gasteiger partial charge in [-0.15, -0.1) is 0 Å². The van der Waals surface area contributed by atoms with Crippen LogP contribution < -0.4 is 15.4 Å². The monoisotopic (exact) mass is 439 g/mol. The molecule has 4 N–H and O–H groups in total. The van der Waals surface area contributed by atoms with Gasteiger partial charge in [0.2, 0.25) is 0 Å². The molecule has 0 aliphatic carbocycles. The van der Waals surface area contributed by atoms with E-state index in [0.29, 0.717) is 28.8 Å². The first-order valence-electron chi connectivity index (χ1n) is 10.7. The van der Waals surface area contributed by atoms with Gasteiger partial charge in [0, 0.05) is 19.2 Å². The van der Waals surface area contributed by atoms with E-state index in [-0.39, 0.29) is 29.1 Å². The summed E-state index contributed by atoms with van der Waals surface area (Å²) in [6.45, 7) is 9.67. The van der Waals surface area contributed by atoms with Gasteiger partial charge in [-0.05, 0) is 47.3 Å². The molecule has 0 spiro atoms. The van der Waals surface area contributed by atoms with Crippen molar-refractivity contribution in [3.05, 3.63) is 47.5 Å². The van der Waals surface area contributed by atoms with Crippen LogP contribution in [-0.2, 0) is 6.54 Å². The minimum Gasteiger partial charge on any atom is -0.508 e. The molecule has 0 atom stereocenters. The normalized spacial score (nSPS) is 11.0. The summed E-state index contributed by atoms with van der Waals surface area (Å²) >= 11 is 0. The second-order valence-electron chi connectivity index (χ2n) is 7.67. The highest BCUT2D eigenvalue weighted by Crippen LogP contribution is 2.45. The van der Waals surface area contributed by atoms with Crippen LogP contribution in [-0.4, -0.2) is 34.6 Å². The molecule has 1 aromatic heterocycles. The summed E-state index contributed by atoms with van der Waals surface area (Å²) in [6, 6.07) is 10.6. The maximum atomic E-state index is 12.1. The molecule has 0 saturated carbocycles. The summed E-state index contributed by atoms with van der Waals surface area (Å²) in [5, 5.41) is 30.6. The highest BCUT2D eigenvalue weighted by Gasteiger charge is 2.26. The number of phenolic OH excluding ortho intramolecular Hbond substituents is 2. The Hall–Kier alpha value is -3.52. The van der Waals surface area contributed by atoms with E-state index in [1.165, 1.54) is 6.07 Å². The zero-order valence-electron chi connectivity index (χ0n) is 18.7. The van der Waals surface area contributed by atoms with Crippen molar-refractivity contribution in [1.82, 2.24) is 15.8 Å². The lowest BCUT2D eigenvalue weighted by atomic mass is 9.95. The second-order valence-corrected chi connectivity index (χ2v) is 7.67. The average Bonchev–Trinajstić information content (AvgIpc) is 3.15. The van der Waals surface area contributed by atoms with Crippen LogP contribution in [0.1, 0.15) is 44.7 Å². The molecule has 1 heterocycles. The van der Waals surface area contributed by atoms with E-state index >= 15 is 0 Å². The quantitative estimate of drug-likeness (QED) is 0.400. The molecule has 0 radical (unpaired) electrons. The van der Waals surface area contributed by atoms with Gasteiger partial charge in [-0.1, -0.05) is 45.0 Å². The Morgan fingerprint density at radius 2 is 1.81 bits per heavy atom. The smallest absolute Gasteiger partial charge is 0.414 e. The number of hydrogen-bond acceptors (Lipinski definition) is 7. The number of amides is 1. The van der Waals surface area contributed by atoms with E-state index in [9.17, 15) is 15.0 Å². The summed E-state index contributed by atoms with van der Waals surface area (Å²) in [6.07, 6.45) is -0.657. The number of nitrogens with zero attached hydrogens (tertiary/aromatic N) is 1. The van der Waals surface area contributed by atoms with E-state index in [4.69, 9.17) is 9.26 Å². The lowest BCUT2D eigenvalue weighted by Gasteiger charge is -2.12. The molecule has 32 heavy (non-hydrogen) atoms. The maximum Gasteiger partial charge on any atom is 0.414 e. The fourth-order valence-electron chi connectivity index (χ4n) is 3.35. The number of carbonyl (C=O) groups is 1. The van der Waals surface area contributed by atoms with E-state index in [2.05, 4.69) is 15.8 Å². The third-order valence-electron chi connectivity index (χ3n) is 5.00. The molecule has 3 aromatic rings. The Bertz CT molecular complexity index is 1070. The van der Waals surface area contributed by atoms with Gasteiger partial charge in [0.1, 0.15) is 11.5 Å². The van der Waals surface area contributed by atoms with Crippen molar-refractivity contribution in [2.24, 2.45) is 0 Å². The SMILES string of the molecule is CCNCc1ccc(-c2c(OC(=O)NCC)noc2-c2cc(C(C)C)c(O)cc2O)cc1. The highest BCUT2D eigenvalue weighted by atomic mass is 16.6. The molecule has 0 unspecified atom stereocenters. The number of hydrogen-bond donors (Lipinski definition) is 4. The first kappa shape index (κ1) is 23.1. The van der Waals surface area contributed by atoms with Crippen molar-refractivity contribution in [3.8, 4) is 39.8 Å².